The van der Waals surface area contributed by atoms with Crippen molar-refractivity contribution >= 4 is 17.6 Å². The highest BCUT2D eigenvalue weighted by atomic mass is 35.5. The van der Waals surface area contributed by atoms with Gasteiger partial charge in [0.05, 0.1) is 6.10 Å². The van der Waals surface area contributed by atoms with Gasteiger partial charge in [-0.3, -0.25) is 0 Å². The van der Waals surface area contributed by atoms with E-state index in [0.29, 0.717) is 16.3 Å². The maximum atomic E-state index is 11.8. The van der Waals surface area contributed by atoms with Gasteiger partial charge in [0.1, 0.15) is 5.69 Å². The van der Waals surface area contributed by atoms with E-state index in [1.165, 1.54) is 0 Å². The number of aromatic nitrogens is 3. The topological polar surface area (TPSA) is 67.9 Å². The minimum Gasteiger partial charge on any atom is -0.458 e. The van der Waals surface area contributed by atoms with Crippen LogP contribution in [-0.4, -0.2) is 27.5 Å². The predicted octanol–water partition coefficient (Wildman–Crippen LogP) is 2.69. The van der Waals surface area contributed by atoms with E-state index >= 15 is 0 Å². The van der Waals surface area contributed by atoms with E-state index in [1.807, 2.05) is 0 Å². The van der Waals surface area contributed by atoms with Crippen molar-refractivity contribution in [3.8, 4) is 11.3 Å². The van der Waals surface area contributed by atoms with Crippen LogP contribution in [0.2, 0.25) is 5.02 Å². The van der Waals surface area contributed by atoms with Crippen LogP contribution in [0, 0.1) is 0 Å². The molecule has 0 unspecified atom stereocenters. The summed E-state index contributed by atoms with van der Waals surface area (Å²) in [4.78, 5) is 11.8. The summed E-state index contributed by atoms with van der Waals surface area (Å²) in [5, 5.41) is 10.8. The molecule has 2 rings (SSSR count). The van der Waals surface area contributed by atoms with E-state index in [-0.39, 0.29) is 11.8 Å². The first-order chi connectivity index (χ1) is 8.58. The third-order valence-corrected chi connectivity index (χ3v) is 2.42. The third kappa shape index (κ3) is 2.68. The molecule has 0 aliphatic carbocycles. The summed E-state index contributed by atoms with van der Waals surface area (Å²) >= 11 is 5.90. The molecule has 0 amide bonds. The first-order valence-electron chi connectivity index (χ1n) is 5.45. The zero-order valence-electron chi connectivity index (χ0n) is 9.98. The maximum absolute atomic E-state index is 11.8. The molecule has 0 aliphatic rings. The molecule has 94 valence electrons. The number of rotatable bonds is 3. The molecule has 1 aromatic heterocycles. The Morgan fingerprint density at radius 1 is 1.39 bits per heavy atom. The molecule has 0 radical (unpaired) electrons. The van der Waals surface area contributed by atoms with Gasteiger partial charge in [-0.1, -0.05) is 23.7 Å². The standard InChI is InChI=1S/C12H12ClN3O2/c1-7(2)18-12(17)11-10(14-16-15-11)8-4-3-5-9(13)6-8/h3-7H,1-2H3,(H,14,15,16). The number of halogens is 1. The molecule has 18 heavy (non-hydrogen) atoms. The molecule has 0 saturated carbocycles. The highest BCUT2D eigenvalue weighted by Gasteiger charge is 2.20. The number of aromatic amines is 1. The van der Waals surface area contributed by atoms with Crippen molar-refractivity contribution in [2.75, 3.05) is 0 Å². The van der Waals surface area contributed by atoms with Crippen LogP contribution in [-0.2, 0) is 4.74 Å². The average Bonchev–Trinajstić information content (AvgIpc) is 2.76. The van der Waals surface area contributed by atoms with Crippen LogP contribution in [0.3, 0.4) is 0 Å². The van der Waals surface area contributed by atoms with Crippen molar-refractivity contribution in [1.82, 2.24) is 15.4 Å². The quantitative estimate of drug-likeness (QED) is 0.867. The van der Waals surface area contributed by atoms with Gasteiger partial charge in [-0.15, -0.1) is 5.10 Å². The second-order valence-electron chi connectivity index (χ2n) is 3.99. The van der Waals surface area contributed by atoms with Crippen molar-refractivity contribution in [2.45, 2.75) is 20.0 Å². The lowest BCUT2D eigenvalue weighted by Crippen LogP contribution is -2.13. The van der Waals surface area contributed by atoms with Crippen LogP contribution in [0.1, 0.15) is 24.3 Å². The molecule has 1 heterocycles. The van der Waals surface area contributed by atoms with E-state index < -0.39 is 5.97 Å². The Kier molecular flexibility index (Phi) is 3.62. The highest BCUT2D eigenvalue weighted by Crippen LogP contribution is 2.23. The Bertz CT molecular complexity index is 566. The van der Waals surface area contributed by atoms with Gasteiger partial charge < -0.3 is 4.74 Å². The Balaban J connectivity index is 2.36. The van der Waals surface area contributed by atoms with Crippen LogP contribution in [0.15, 0.2) is 24.3 Å². The molecule has 0 bridgehead atoms. The molecule has 0 aliphatic heterocycles. The van der Waals surface area contributed by atoms with Crippen molar-refractivity contribution < 1.29 is 9.53 Å². The Labute approximate surface area is 109 Å². The van der Waals surface area contributed by atoms with Gasteiger partial charge in [0.25, 0.3) is 0 Å². The lowest BCUT2D eigenvalue weighted by Gasteiger charge is -2.06. The Morgan fingerprint density at radius 3 is 2.83 bits per heavy atom. The fourth-order valence-corrected chi connectivity index (χ4v) is 1.67. The first kappa shape index (κ1) is 12.6. The Morgan fingerprint density at radius 2 is 2.17 bits per heavy atom. The van der Waals surface area contributed by atoms with Crippen LogP contribution < -0.4 is 0 Å². The number of H-pyrrole nitrogens is 1. The van der Waals surface area contributed by atoms with Gasteiger partial charge in [-0.05, 0) is 26.0 Å². The molecule has 2 aromatic rings. The summed E-state index contributed by atoms with van der Waals surface area (Å²) in [7, 11) is 0. The number of nitrogens with one attached hydrogen (secondary N) is 1. The fourth-order valence-electron chi connectivity index (χ4n) is 1.48. The normalized spacial score (nSPS) is 10.7. The zero-order chi connectivity index (χ0) is 13.1. The van der Waals surface area contributed by atoms with E-state index in [0.717, 1.165) is 0 Å². The SMILES string of the molecule is CC(C)OC(=O)c1n[nH]nc1-c1cccc(Cl)c1. The number of carbonyl (C=O) groups excluding carboxylic acids is 1. The average molecular weight is 266 g/mol. The molecular weight excluding hydrogens is 254 g/mol. The molecule has 5 nitrogen and oxygen atoms in total. The molecular formula is C12H12ClN3O2. The number of esters is 1. The minimum absolute atomic E-state index is 0.158. The fraction of sp³-hybridized carbons (Fsp3) is 0.250. The molecule has 0 atom stereocenters. The number of hydrogen-bond donors (Lipinski definition) is 1. The van der Waals surface area contributed by atoms with Crippen LogP contribution in [0.4, 0.5) is 0 Å². The van der Waals surface area contributed by atoms with Gasteiger partial charge in [-0.2, -0.15) is 10.3 Å². The van der Waals surface area contributed by atoms with Gasteiger partial charge in [0.2, 0.25) is 0 Å². The van der Waals surface area contributed by atoms with Gasteiger partial charge >= 0.3 is 5.97 Å². The Hall–Kier alpha value is -1.88. The molecule has 0 saturated heterocycles. The van der Waals surface area contributed by atoms with E-state index in [9.17, 15) is 4.79 Å². The van der Waals surface area contributed by atoms with Crippen LogP contribution >= 0.6 is 11.6 Å². The summed E-state index contributed by atoms with van der Waals surface area (Å²) in [6.45, 7) is 3.55. The van der Waals surface area contributed by atoms with Crippen molar-refractivity contribution in [3.05, 3.63) is 35.0 Å². The number of carbonyl (C=O) groups is 1. The summed E-state index contributed by atoms with van der Waals surface area (Å²) in [5.74, 6) is -0.506. The van der Waals surface area contributed by atoms with Crippen LogP contribution in [0.25, 0.3) is 11.3 Å². The molecule has 1 N–H and O–H groups in total. The van der Waals surface area contributed by atoms with Crippen molar-refractivity contribution in [2.24, 2.45) is 0 Å². The first-order valence-corrected chi connectivity index (χ1v) is 5.83. The smallest absolute Gasteiger partial charge is 0.361 e. The molecule has 1 aromatic carbocycles. The number of hydrogen-bond acceptors (Lipinski definition) is 4. The van der Waals surface area contributed by atoms with Crippen molar-refractivity contribution in [3.63, 3.8) is 0 Å². The molecule has 6 heteroatoms. The van der Waals surface area contributed by atoms with Gasteiger partial charge in [0.15, 0.2) is 5.69 Å². The number of ether oxygens (including phenoxy) is 1. The largest absolute Gasteiger partial charge is 0.458 e. The second-order valence-corrected chi connectivity index (χ2v) is 4.42. The minimum atomic E-state index is -0.506. The van der Waals surface area contributed by atoms with E-state index in [1.54, 1.807) is 38.1 Å². The van der Waals surface area contributed by atoms with E-state index in [4.69, 9.17) is 16.3 Å². The number of nitrogens with zero attached hydrogens (tertiary/aromatic N) is 2. The zero-order valence-corrected chi connectivity index (χ0v) is 10.7. The summed E-state index contributed by atoms with van der Waals surface area (Å²) in [6.07, 6.45) is -0.207. The lowest BCUT2D eigenvalue weighted by atomic mass is 10.1. The third-order valence-electron chi connectivity index (χ3n) is 2.18. The predicted molar refractivity (Wildman–Crippen MR) is 67.4 cm³/mol. The number of benzene rings is 1. The molecule has 0 spiro atoms. The van der Waals surface area contributed by atoms with Crippen LogP contribution in [0.5, 0.6) is 0 Å². The maximum Gasteiger partial charge on any atom is 0.361 e. The summed E-state index contributed by atoms with van der Waals surface area (Å²) in [5.41, 5.74) is 1.31. The van der Waals surface area contributed by atoms with E-state index in [2.05, 4.69) is 15.4 Å². The molecule has 0 fully saturated rings. The monoisotopic (exact) mass is 265 g/mol. The second kappa shape index (κ2) is 5.18. The summed E-state index contributed by atoms with van der Waals surface area (Å²) in [6, 6.07) is 7.04. The van der Waals surface area contributed by atoms with Crippen molar-refractivity contribution in [1.29, 1.82) is 0 Å². The van der Waals surface area contributed by atoms with Gasteiger partial charge in [-0.25, -0.2) is 4.79 Å². The lowest BCUT2D eigenvalue weighted by molar-refractivity contribution is 0.0372. The van der Waals surface area contributed by atoms with Gasteiger partial charge in [0, 0.05) is 10.6 Å². The summed E-state index contributed by atoms with van der Waals surface area (Å²) < 4.78 is 5.09. The highest BCUT2D eigenvalue weighted by molar-refractivity contribution is 6.30.